The molecule has 0 aliphatic rings. The largest absolute Gasteiger partial charge is 0.417 e. The smallest absolute Gasteiger partial charge is 0.355 e. The molecule has 0 aromatic heterocycles. The number of likely N-dealkylation sites (N-methyl/N-ethyl adjacent to an activating group) is 1. The molecule has 0 bridgehead atoms. The first-order chi connectivity index (χ1) is 19.2. The summed E-state index contributed by atoms with van der Waals surface area (Å²) in [4.78, 5) is 28.5. The lowest BCUT2D eigenvalue weighted by molar-refractivity contribution is -0.140. The van der Waals surface area contributed by atoms with Crippen LogP contribution in [-0.2, 0) is 38.8 Å². The number of benzene rings is 3. The Labute approximate surface area is 250 Å². The highest BCUT2D eigenvalue weighted by Gasteiger charge is 2.36. The quantitative estimate of drug-likeness (QED) is 0.284. The minimum Gasteiger partial charge on any atom is -0.355 e. The second-order valence-electron chi connectivity index (χ2n) is 9.18. The van der Waals surface area contributed by atoms with Crippen molar-refractivity contribution >= 4 is 55.1 Å². The summed E-state index contributed by atoms with van der Waals surface area (Å²) in [6, 6.07) is 17.5. The number of sulfonamides is 1. The summed E-state index contributed by atoms with van der Waals surface area (Å²) in [7, 11) is -4.25. The van der Waals surface area contributed by atoms with Gasteiger partial charge in [0.2, 0.25) is 21.8 Å². The van der Waals surface area contributed by atoms with E-state index in [0.717, 1.165) is 28.4 Å². The summed E-state index contributed by atoms with van der Waals surface area (Å²) < 4.78 is 67.6. The van der Waals surface area contributed by atoms with Gasteiger partial charge in [0.25, 0.3) is 0 Å². The zero-order chi connectivity index (χ0) is 30.4. The summed E-state index contributed by atoms with van der Waals surface area (Å²) in [6.07, 6.45) is -3.95. The average molecular weight is 675 g/mol. The third kappa shape index (κ3) is 8.95. The number of anilines is 1. The fraction of sp³-hybridized carbons (Fsp3) is 0.286. The molecular weight excluding hydrogens is 647 g/mol. The summed E-state index contributed by atoms with van der Waals surface area (Å²) in [5.41, 5.74) is -0.224. The number of alkyl halides is 3. The molecule has 3 rings (SSSR count). The number of nitrogens with zero attached hydrogens (tertiary/aromatic N) is 2. The van der Waals surface area contributed by atoms with Crippen molar-refractivity contribution in [1.29, 1.82) is 0 Å². The van der Waals surface area contributed by atoms with E-state index >= 15 is 0 Å². The summed E-state index contributed by atoms with van der Waals surface area (Å²) in [6.45, 7) is 1.10. The highest BCUT2D eigenvalue weighted by molar-refractivity contribution is 9.10. The van der Waals surface area contributed by atoms with Gasteiger partial charge in [-0.25, -0.2) is 8.42 Å². The predicted octanol–water partition coefficient (Wildman–Crippen LogP) is 5.66. The Morgan fingerprint density at radius 2 is 1.63 bits per heavy atom. The van der Waals surface area contributed by atoms with Crippen LogP contribution in [0, 0.1) is 0 Å². The number of hydrogen-bond donors (Lipinski definition) is 1. The highest BCUT2D eigenvalue weighted by Crippen LogP contribution is 2.37. The van der Waals surface area contributed by atoms with Crippen molar-refractivity contribution in [3.8, 4) is 0 Å². The monoisotopic (exact) mass is 673 g/mol. The average Bonchev–Trinajstić information content (AvgIpc) is 2.90. The molecule has 0 heterocycles. The van der Waals surface area contributed by atoms with Crippen LogP contribution in [-0.4, -0.2) is 50.5 Å². The minimum atomic E-state index is -4.85. The van der Waals surface area contributed by atoms with Crippen molar-refractivity contribution in [2.45, 2.75) is 32.1 Å². The number of carbonyl (C=O) groups excluding carboxylic acids is 2. The van der Waals surface area contributed by atoms with Crippen LogP contribution in [0.15, 0.2) is 77.3 Å². The number of halogens is 5. The van der Waals surface area contributed by atoms with Gasteiger partial charge >= 0.3 is 6.18 Å². The maximum Gasteiger partial charge on any atom is 0.417 e. The van der Waals surface area contributed by atoms with Gasteiger partial charge in [-0.05, 0) is 48.4 Å². The summed E-state index contributed by atoms with van der Waals surface area (Å²) in [5, 5.41) is 2.12. The lowest BCUT2D eigenvalue weighted by atomic mass is 10.0. The Morgan fingerprint density at radius 1 is 1.00 bits per heavy atom. The van der Waals surface area contributed by atoms with Gasteiger partial charge in [-0.3, -0.25) is 13.9 Å². The van der Waals surface area contributed by atoms with Crippen molar-refractivity contribution in [3.05, 3.63) is 99.0 Å². The molecule has 2 amide bonds. The molecule has 1 unspecified atom stereocenters. The molecule has 0 fully saturated rings. The fourth-order valence-corrected chi connectivity index (χ4v) is 5.46. The first-order valence-electron chi connectivity index (χ1n) is 12.4. The summed E-state index contributed by atoms with van der Waals surface area (Å²) in [5.74, 6) is -1.24. The molecule has 0 radical (unpaired) electrons. The van der Waals surface area contributed by atoms with Crippen molar-refractivity contribution in [3.63, 3.8) is 0 Å². The molecule has 0 aliphatic heterocycles. The number of amides is 2. The van der Waals surface area contributed by atoms with E-state index in [9.17, 15) is 31.2 Å². The Bertz CT molecular complexity index is 1470. The molecule has 7 nitrogen and oxygen atoms in total. The second-order valence-corrected chi connectivity index (χ2v) is 12.4. The Morgan fingerprint density at radius 3 is 2.20 bits per heavy atom. The Balaban J connectivity index is 2.08. The third-order valence-corrected chi connectivity index (χ3v) is 8.11. The van der Waals surface area contributed by atoms with E-state index in [2.05, 4.69) is 21.2 Å². The SMILES string of the molecule is CCNC(=O)C(Cc1ccccc1)N(Cc1ccc(Br)cc1)C(=O)CN(c1ccc(Cl)c(C(F)(F)F)c1)S(C)(=O)=O. The summed E-state index contributed by atoms with van der Waals surface area (Å²) >= 11 is 9.08. The van der Waals surface area contributed by atoms with Crippen molar-refractivity contribution in [1.82, 2.24) is 10.2 Å². The van der Waals surface area contributed by atoms with Gasteiger partial charge in [-0.15, -0.1) is 0 Å². The highest BCUT2D eigenvalue weighted by atomic mass is 79.9. The first-order valence-corrected chi connectivity index (χ1v) is 15.4. The van der Waals surface area contributed by atoms with Crippen LogP contribution in [0.3, 0.4) is 0 Å². The van der Waals surface area contributed by atoms with E-state index < -0.39 is 56.9 Å². The van der Waals surface area contributed by atoms with Crippen molar-refractivity contribution in [2.75, 3.05) is 23.7 Å². The van der Waals surface area contributed by atoms with Gasteiger partial charge in [0.05, 0.1) is 22.5 Å². The van der Waals surface area contributed by atoms with Gasteiger partial charge < -0.3 is 10.2 Å². The third-order valence-electron chi connectivity index (χ3n) is 6.11. The molecule has 3 aromatic carbocycles. The number of hydrogen-bond acceptors (Lipinski definition) is 4. The van der Waals surface area contributed by atoms with Gasteiger partial charge in [0.1, 0.15) is 12.6 Å². The van der Waals surface area contributed by atoms with Crippen LogP contribution in [0.1, 0.15) is 23.6 Å². The predicted molar refractivity (Wildman–Crippen MR) is 156 cm³/mol. The van der Waals surface area contributed by atoms with Gasteiger partial charge in [-0.2, -0.15) is 13.2 Å². The van der Waals surface area contributed by atoms with Crippen LogP contribution in [0.2, 0.25) is 5.02 Å². The van der Waals surface area contributed by atoms with E-state index in [1.165, 1.54) is 4.90 Å². The van der Waals surface area contributed by atoms with Gasteiger partial charge in [-0.1, -0.05) is 70.0 Å². The number of carbonyl (C=O) groups is 2. The molecule has 220 valence electrons. The fourth-order valence-electron chi connectivity index (χ4n) is 4.13. The van der Waals surface area contributed by atoms with Crippen LogP contribution in [0.4, 0.5) is 18.9 Å². The zero-order valence-corrected chi connectivity index (χ0v) is 25.3. The van der Waals surface area contributed by atoms with Crippen LogP contribution in [0.25, 0.3) is 0 Å². The molecule has 1 N–H and O–H groups in total. The van der Waals surface area contributed by atoms with E-state index in [1.54, 1.807) is 61.5 Å². The van der Waals surface area contributed by atoms with Crippen LogP contribution >= 0.6 is 27.5 Å². The Kier molecular flexibility index (Phi) is 10.8. The first kappa shape index (κ1) is 32.4. The van der Waals surface area contributed by atoms with Crippen molar-refractivity contribution in [2.24, 2.45) is 0 Å². The maximum absolute atomic E-state index is 13.9. The molecule has 0 saturated carbocycles. The normalized spacial score (nSPS) is 12.5. The second kappa shape index (κ2) is 13.7. The molecule has 0 aliphatic carbocycles. The topological polar surface area (TPSA) is 86.8 Å². The molecule has 0 saturated heterocycles. The zero-order valence-electron chi connectivity index (χ0n) is 22.2. The molecule has 41 heavy (non-hydrogen) atoms. The number of rotatable bonds is 11. The maximum atomic E-state index is 13.9. The van der Waals surface area contributed by atoms with E-state index in [-0.39, 0.29) is 19.5 Å². The lowest BCUT2D eigenvalue weighted by Gasteiger charge is -2.33. The molecule has 13 heteroatoms. The van der Waals surface area contributed by atoms with E-state index in [4.69, 9.17) is 11.6 Å². The number of nitrogens with one attached hydrogen (secondary N) is 1. The molecular formula is C28H28BrClF3N3O4S. The van der Waals surface area contributed by atoms with Gasteiger partial charge in [0.15, 0.2) is 0 Å². The Hall–Kier alpha value is -3.09. The van der Waals surface area contributed by atoms with Crippen molar-refractivity contribution < 1.29 is 31.2 Å². The van der Waals surface area contributed by atoms with Crippen LogP contribution in [0.5, 0.6) is 0 Å². The lowest BCUT2D eigenvalue weighted by Crippen LogP contribution is -2.53. The molecule has 1 atom stereocenters. The molecule has 0 spiro atoms. The van der Waals surface area contributed by atoms with E-state index in [1.807, 2.05) is 0 Å². The minimum absolute atomic E-state index is 0.0627. The standard InChI is InChI=1S/C28H28BrClF3N3O4S/c1-3-34-27(38)25(15-19-7-5-4-6-8-19)35(17-20-9-11-21(29)12-10-20)26(37)18-36(41(2,39)40)22-13-14-24(30)23(16-22)28(31,32)33/h4-14,16,25H,3,15,17-18H2,1-2H3,(H,34,38). The van der Waals surface area contributed by atoms with Gasteiger partial charge in [0, 0.05) is 24.0 Å². The van der Waals surface area contributed by atoms with E-state index in [0.29, 0.717) is 15.9 Å². The molecule has 3 aromatic rings. The van der Waals surface area contributed by atoms with Crippen LogP contribution < -0.4 is 9.62 Å².